The summed E-state index contributed by atoms with van der Waals surface area (Å²) < 4.78 is 48.6. The molecule has 0 saturated heterocycles. The highest BCUT2D eigenvalue weighted by atomic mass is 32.2. The monoisotopic (exact) mass is 586 g/mol. The molecule has 2 aromatic carbocycles. The van der Waals surface area contributed by atoms with Crippen molar-refractivity contribution in [2.45, 2.75) is 75.9 Å². The van der Waals surface area contributed by atoms with Crippen LogP contribution >= 0.6 is 0 Å². The lowest BCUT2D eigenvalue weighted by Crippen LogP contribution is -2.41. The fourth-order valence-corrected chi connectivity index (χ4v) is 6.53. The van der Waals surface area contributed by atoms with Gasteiger partial charge in [0.25, 0.3) is 10.1 Å². The standard InChI is InChI=1S/C31H42N2O7S/c1-21-6-10-25(11-7-21)41(35,36)39-20-24(37-5)19-33-16-17-38-27-18-23-12-14-32(30(34)40-31(2,3)4)15-13-26(23)28(29(27)33)22-8-9-22/h6-7,10-11,18,22,24H,8-9,12-17,19-20H2,1-5H3/t24-/m1/s1. The van der Waals surface area contributed by atoms with Crippen LogP contribution in [0.15, 0.2) is 35.2 Å². The van der Waals surface area contributed by atoms with Crippen molar-refractivity contribution in [2.24, 2.45) is 0 Å². The van der Waals surface area contributed by atoms with Gasteiger partial charge in [0, 0.05) is 26.7 Å². The van der Waals surface area contributed by atoms with Gasteiger partial charge in [0.05, 0.1) is 29.8 Å². The number of benzene rings is 2. The maximum atomic E-state index is 12.9. The first-order valence-corrected chi connectivity index (χ1v) is 15.9. The molecule has 0 spiro atoms. The van der Waals surface area contributed by atoms with Gasteiger partial charge in [-0.2, -0.15) is 8.42 Å². The van der Waals surface area contributed by atoms with Crippen molar-refractivity contribution in [3.05, 3.63) is 52.6 Å². The molecule has 2 aliphatic heterocycles. The summed E-state index contributed by atoms with van der Waals surface area (Å²) in [7, 11) is -2.32. The third-order valence-corrected chi connectivity index (χ3v) is 9.13. The third kappa shape index (κ3) is 6.98. The molecule has 0 aromatic heterocycles. The summed E-state index contributed by atoms with van der Waals surface area (Å²) in [6.07, 6.45) is 3.01. The zero-order valence-corrected chi connectivity index (χ0v) is 25.6. The molecule has 1 atom stereocenters. The van der Waals surface area contributed by atoms with E-state index in [2.05, 4.69) is 11.0 Å². The van der Waals surface area contributed by atoms with E-state index in [0.717, 1.165) is 42.7 Å². The SMILES string of the molecule is CO[C@@H](COS(=O)(=O)c1ccc(C)cc1)CN1CCOc2cc3c(c(C4CC4)c21)CCN(C(=O)OC(C)(C)C)CC3. The number of methoxy groups -OCH3 is 1. The lowest BCUT2D eigenvalue weighted by atomic mass is 9.91. The van der Waals surface area contributed by atoms with Gasteiger partial charge in [-0.1, -0.05) is 17.7 Å². The van der Waals surface area contributed by atoms with Crippen LogP contribution in [0.2, 0.25) is 0 Å². The molecular formula is C31H42N2O7S. The van der Waals surface area contributed by atoms with E-state index in [9.17, 15) is 13.2 Å². The first-order chi connectivity index (χ1) is 19.4. The molecule has 224 valence electrons. The molecule has 41 heavy (non-hydrogen) atoms. The topological polar surface area (TPSA) is 94.6 Å². The van der Waals surface area contributed by atoms with Gasteiger partial charge in [0.1, 0.15) is 18.0 Å². The summed E-state index contributed by atoms with van der Waals surface area (Å²) >= 11 is 0. The summed E-state index contributed by atoms with van der Waals surface area (Å²) in [5.41, 5.74) is 5.36. The maximum Gasteiger partial charge on any atom is 0.410 e. The van der Waals surface area contributed by atoms with E-state index in [1.54, 1.807) is 31.4 Å². The van der Waals surface area contributed by atoms with Crippen molar-refractivity contribution in [2.75, 3.05) is 51.4 Å². The number of carbonyl (C=O) groups is 1. The number of ether oxygens (including phenoxy) is 3. The van der Waals surface area contributed by atoms with Gasteiger partial charge in [-0.05, 0) is 94.2 Å². The summed E-state index contributed by atoms with van der Waals surface area (Å²) in [4.78, 5) is 17.1. The molecule has 1 aliphatic carbocycles. The number of amides is 1. The second-order valence-electron chi connectivity index (χ2n) is 12.2. The molecule has 10 heteroatoms. The van der Waals surface area contributed by atoms with Crippen molar-refractivity contribution >= 4 is 21.9 Å². The van der Waals surface area contributed by atoms with E-state index in [1.807, 2.05) is 32.6 Å². The molecule has 0 radical (unpaired) electrons. The summed E-state index contributed by atoms with van der Waals surface area (Å²) in [6.45, 7) is 10.4. The number of fused-ring (bicyclic) bond motifs is 2. The van der Waals surface area contributed by atoms with Crippen LogP contribution in [-0.4, -0.2) is 77.6 Å². The van der Waals surface area contributed by atoms with Crippen LogP contribution in [0.25, 0.3) is 0 Å². The molecule has 1 amide bonds. The molecule has 0 N–H and O–H groups in total. The molecule has 0 unspecified atom stereocenters. The summed E-state index contributed by atoms with van der Waals surface area (Å²) in [5, 5.41) is 0. The lowest BCUT2D eigenvalue weighted by Gasteiger charge is -2.36. The minimum atomic E-state index is -3.90. The van der Waals surface area contributed by atoms with Gasteiger partial charge in [0.2, 0.25) is 0 Å². The van der Waals surface area contributed by atoms with E-state index >= 15 is 0 Å². The summed E-state index contributed by atoms with van der Waals surface area (Å²) in [6, 6.07) is 8.76. The molecule has 2 aromatic rings. The van der Waals surface area contributed by atoms with Crippen LogP contribution in [0.1, 0.15) is 61.8 Å². The fraction of sp³-hybridized carbons (Fsp3) is 0.581. The van der Waals surface area contributed by atoms with Crippen LogP contribution in [0.5, 0.6) is 5.75 Å². The van der Waals surface area contributed by atoms with E-state index < -0.39 is 21.8 Å². The van der Waals surface area contributed by atoms with E-state index in [0.29, 0.717) is 38.7 Å². The first kappa shape index (κ1) is 29.7. The van der Waals surface area contributed by atoms with Crippen molar-refractivity contribution < 1.29 is 31.6 Å². The second-order valence-corrected chi connectivity index (χ2v) is 13.8. The number of carbonyl (C=O) groups excluding carboxylic acids is 1. The van der Waals surface area contributed by atoms with Gasteiger partial charge in [0.15, 0.2) is 0 Å². The zero-order valence-electron chi connectivity index (χ0n) is 24.8. The first-order valence-electron chi connectivity index (χ1n) is 14.5. The van der Waals surface area contributed by atoms with Gasteiger partial charge in [-0.3, -0.25) is 4.18 Å². The van der Waals surface area contributed by atoms with E-state index in [1.165, 1.54) is 16.7 Å². The molecule has 0 bridgehead atoms. The van der Waals surface area contributed by atoms with Gasteiger partial charge < -0.3 is 24.0 Å². The Labute approximate surface area is 243 Å². The number of rotatable bonds is 8. The Bertz CT molecular complexity index is 1360. The third-order valence-electron chi connectivity index (χ3n) is 7.84. The van der Waals surface area contributed by atoms with Gasteiger partial charge in [-0.25, -0.2) is 4.79 Å². The molecule has 1 fully saturated rings. The van der Waals surface area contributed by atoms with Crippen LogP contribution in [-0.2, 0) is 36.6 Å². The number of hydrogen-bond donors (Lipinski definition) is 0. The Morgan fingerprint density at radius 3 is 2.46 bits per heavy atom. The van der Waals surface area contributed by atoms with Crippen molar-refractivity contribution in [1.82, 2.24) is 4.90 Å². The molecular weight excluding hydrogens is 544 g/mol. The summed E-state index contributed by atoms with van der Waals surface area (Å²) in [5.74, 6) is 1.31. The quantitative estimate of drug-likeness (QED) is 0.406. The lowest BCUT2D eigenvalue weighted by molar-refractivity contribution is 0.0258. The Kier molecular flexibility index (Phi) is 8.55. The molecule has 5 rings (SSSR count). The number of hydrogen-bond acceptors (Lipinski definition) is 8. The minimum absolute atomic E-state index is 0.0893. The van der Waals surface area contributed by atoms with Crippen molar-refractivity contribution in [1.29, 1.82) is 0 Å². The van der Waals surface area contributed by atoms with Crippen molar-refractivity contribution in [3.8, 4) is 5.75 Å². The Balaban J connectivity index is 1.35. The maximum absolute atomic E-state index is 12.9. The average molecular weight is 587 g/mol. The van der Waals surface area contributed by atoms with Gasteiger partial charge >= 0.3 is 6.09 Å². The largest absolute Gasteiger partial charge is 0.490 e. The normalized spacial score (nSPS) is 18.2. The van der Waals surface area contributed by atoms with Crippen LogP contribution in [0.3, 0.4) is 0 Å². The Hall–Kier alpha value is -2.82. The zero-order chi connectivity index (χ0) is 29.4. The number of nitrogens with zero attached hydrogens (tertiary/aromatic N) is 2. The Morgan fingerprint density at radius 2 is 1.80 bits per heavy atom. The van der Waals surface area contributed by atoms with Crippen LogP contribution in [0, 0.1) is 6.92 Å². The molecule has 2 heterocycles. The highest BCUT2D eigenvalue weighted by Crippen LogP contribution is 2.51. The molecule has 1 saturated carbocycles. The molecule has 3 aliphatic rings. The average Bonchev–Trinajstić information content (AvgIpc) is 3.76. The fourth-order valence-electron chi connectivity index (χ4n) is 5.59. The smallest absolute Gasteiger partial charge is 0.410 e. The predicted octanol–water partition coefficient (Wildman–Crippen LogP) is 4.83. The second kappa shape index (κ2) is 11.8. The molecule has 9 nitrogen and oxygen atoms in total. The highest BCUT2D eigenvalue weighted by molar-refractivity contribution is 7.86. The van der Waals surface area contributed by atoms with Crippen molar-refractivity contribution in [3.63, 3.8) is 0 Å². The number of aryl methyl sites for hydroxylation is 1. The van der Waals surface area contributed by atoms with Crippen LogP contribution in [0.4, 0.5) is 10.5 Å². The predicted molar refractivity (Wildman–Crippen MR) is 156 cm³/mol. The number of anilines is 1. The van der Waals surface area contributed by atoms with E-state index in [4.69, 9.17) is 18.4 Å². The minimum Gasteiger partial charge on any atom is -0.490 e. The van der Waals surface area contributed by atoms with E-state index in [-0.39, 0.29) is 17.6 Å². The highest BCUT2D eigenvalue weighted by Gasteiger charge is 2.37. The van der Waals surface area contributed by atoms with Gasteiger partial charge in [-0.15, -0.1) is 0 Å². The van der Waals surface area contributed by atoms with Crippen LogP contribution < -0.4 is 9.64 Å². The Morgan fingerprint density at radius 1 is 1.10 bits per heavy atom.